The molecule has 0 amide bonds. The van der Waals surface area contributed by atoms with Gasteiger partial charge in [-0.1, -0.05) is 5.16 Å². The largest absolute Gasteiger partial charge is 0.378 e. The van der Waals surface area contributed by atoms with Crippen LogP contribution >= 0.6 is 0 Å². The first-order chi connectivity index (χ1) is 7.89. The molecule has 0 atom stereocenters. The third kappa shape index (κ3) is 5.81. The number of nitrogens with one attached hydrogen (secondary N) is 1. The van der Waals surface area contributed by atoms with Crippen LogP contribution < -0.4 is 4.72 Å². The third-order valence-corrected chi connectivity index (χ3v) is 3.23. The second-order valence-electron chi connectivity index (χ2n) is 3.99. The van der Waals surface area contributed by atoms with E-state index in [2.05, 4.69) is 9.88 Å². The van der Waals surface area contributed by atoms with Crippen LogP contribution in [0.3, 0.4) is 0 Å². The van der Waals surface area contributed by atoms with Crippen LogP contribution in [0.25, 0.3) is 0 Å². The Morgan fingerprint density at radius 1 is 1.53 bits per heavy atom. The molecule has 1 heterocycles. The molecule has 7 heteroatoms. The van der Waals surface area contributed by atoms with Gasteiger partial charge in [0.25, 0.3) is 0 Å². The zero-order chi connectivity index (χ0) is 12.9. The fraction of sp³-hybridized carbons (Fsp3) is 0.700. The van der Waals surface area contributed by atoms with Crippen LogP contribution in [0.1, 0.15) is 25.3 Å². The second-order valence-corrected chi connectivity index (χ2v) is 5.92. The molecule has 1 rings (SSSR count). The highest BCUT2D eigenvalue weighted by Crippen LogP contribution is 2.02. The Bertz CT molecular complexity index is 439. The van der Waals surface area contributed by atoms with Gasteiger partial charge in [0.05, 0.1) is 30.7 Å². The second kappa shape index (κ2) is 6.13. The maximum absolute atomic E-state index is 11.5. The van der Waals surface area contributed by atoms with Gasteiger partial charge in [0.2, 0.25) is 10.0 Å². The van der Waals surface area contributed by atoms with Crippen LogP contribution in [0, 0.1) is 6.92 Å². The summed E-state index contributed by atoms with van der Waals surface area (Å²) in [7, 11) is -3.33. The molecule has 0 spiro atoms. The van der Waals surface area contributed by atoms with Crippen molar-refractivity contribution in [2.45, 2.75) is 33.4 Å². The molecule has 1 aromatic rings. The lowest BCUT2D eigenvalue weighted by Crippen LogP contribution is -2.28. The molecule has 17 heavy (non-hydrogen) atoms. The normalized spacial score (nSPS) is 12.2. The van der Waals surface area contributed by atoms with Crippen molar-refractivity contribution in [3.05, 3.63) is 17.5 Å². The van der Waals surface area contributed by atoms with Gasteiger partial charge < -0.3 is 9.26 Å². The maximum Gasteiger partial charge on any atom is 0.214 e. The van der Waals surface area contributed by atoms with Crippen molar-refractivity contribution in [2.24, 2.45) is 0 Å². The van der Waals surface area contributed by atoms with Crippen LogP contribution in [-0.4, -0.2) is 32.0 Å². The SMILES string of the molecule is Cc1cc(CNS(=O)(=O)CCOC(C)C)on1. The van der Waals surface area contributed by atoms with Gasteiger partial charge in [0.15, 0.2) is 5.76 Å². The number of hydrogen-bond acceptors (Lipinski definition) is 5. The van der Waals surface area contributed by atoms with E-state index in [9.17, 15) is 8.42 Å². The molecule has 0 aliphatic carbocycles. The van der Waals surface area contributed by atoms with E-state index in [1.165, 1.54) is 0 Å². The van der Waals surface area contributed by atoms with E-state index >= 15 is 0 Å². The van der Waals surface area contributed by atoms with E-state index in [1.54, 1.807) is 13.0 Å². The Hall–Kier alpha value is -0.920. The van der Waals surface area contributed by atoms with Gasteiger partial charge in [-0.2, -0.15) is 0 Å². The van der Waals surface area contributed by atoms with Crippen LogP contribution in [0.2, 0.25) is 0 Å². The van der Waals surface area contributed by atoms with E-state index in [0.717, 1.165) is 5.69 Å². The highest BCUT2D eigenvalue weighted by Gasteiger charge is 2.11. The lowest BCUT2D eigenvalue weighted by Gasteiger charge is -2.08. The molecule has 0 bridgehead atoms. The summed E-state index contributed by atoms with van der Waals surface area (Å²) in [5.41, 5.74) is 0.724. The quantitative estimate of drug-likeness (QED) is 0.787. The molecule has 0 saturated carbocycles. The Kier molecular flexibility index (Phi) is 5.10. The van der Waals surface area contributed by atoms with Gasteiger partial charge in [0.1, 0.15) is 0 Å². The van der Waals surface area contributed by atoms with E-state index in [1.807, 2.05) is 13.8 Å². The third-order valence-electron chi connectivity index (χ3n) is 1.95. The summed E-state index contributed by atoms with van der Waals surface area (Å²) in [5, 5.41) is 3.67. The Morgan fingerprint density at radius 3 is 2.76 bits per heavy atom. The van der Waals surface area contributed by atoms with Crippen molar-refractivity contribution in [1.82, 2.24) is 9.88 Å². The summed E-state index contributed by atoms with van der Waals surface area (Å²) < 4.78 is 35.6. The molecule has 0 saturated heterocycles. The lowest BCUT2D eigenvalue weighted by atomic mass is 10.4. The van der Waals surface area contributed by atoms with Crippen molar-refractivity contribution in [1.29, 1.82) is 0 Å². The van der Waals surface area contributed by atoms with Crippen molar-refractivity contribution in [2.75, 3.05) is 12.4 Å². The number of sulfonamides is 1. The van der Waals surface area contributed by atoms with Crippen LogP contribution in [0.15, 0.2) is 10.6 Å². The summed E-state index contributed by atoms with van der Waals surface area (Å²) in [5.74, 6) is 0.439. The van der Waals surface area contributed by atoms with Crippen LogP contribution in [0.5, 0.6) is 0 Å². The predicted molar refractivity (Wildman–Crippen MR) is 63.0 cm³/mol. The number of hydrogen-bond donors (Lipinski definition) is 1. The summed E-state index contributed by atoms with van der Waals surface area (Å²) in [6, 6.07) is 1.69. The topological polar surface area (TPSA) is 81.4 Å². The van der Waals surface area contributed by atoms with Crippen LogP contribution in [0.4, 0.5) is 0 Å². The Labute approximate surface area is 101 Å². The minimum absolute atomic E-state index is 0.0297. The van der Waals surface area contributed by atoms with Gasteiger partial charge in [-0.05, 0) is 20.8 Å². The fourth-order valence-corrected chi connectivity index (χ4v) is 1.97. The van der Waals surface area contributed by atoms with Crippen molar-refractivity contribution >= 4 is 10.0 Å². The monoisotopic (exact) mass is 262 g/mol. The van der Waals surface area contributed by atoms with E-state index in [4.69, 9.17) is 9.26 Å². The minimum atomic E-state index is -3.33. The molecular formula is C10H18N2O4S. The lowest BCUT2D eigenvalue weighted by molar-refractivity contribution is 0.0911. The number of nitrogens with zero attached hydrogens (tertiary/aromatic N) is 1. The van der Waals surface area contributed by atoms with Gasteiger partial charge >= 0.3 is 0 Å². The molecule has 98 valence electrons. The first-order valence-corrected chi connectivity index (χ1v) is 7.05. The Morgan fingerprint density at radius 2 is 2.24 bits per heavy atom. The van der Waals surface area contributed by atoms with Gasteiger partial charge in [-0.3, -0.25) is 0 Å². The average molecular weight is 262 g/mol. The van der Waals surface area contributed by atoms with Crippen molar-refractivity contribution in [3.8, 4) is 0 Å². The molecule has 0 aliphatic rings. The molecule has 1 N–H and O–H groups in total. The van der Waals surface area contributed by atoms with E-state index in [-0.39, 0.29) is 25.0 Å². The highest BCUT2D eigenvalue weighted by atomic mass is 32.2. The summed E-state index contributed by atoms with van der Waals surface area (Å²) >= 11 is 0. The predicted octanol–water partition coefficient (Wildman–Crippen LogP) is 0.827. The minimum Gasteiger partial charge on any atom is -0.378 e. The standard InChI is InChI=1S/C10H18N2O4S/c1-8(2)15-4-5-17(13,14)11-7-10-6-9(3)12-16-10/h6,8,11H,4-5,7H2,1-3H3. The maximum atomic E-state index is 11.5. The summed E-state index contributed by atoms with van der Waals surface area (Å²) in [6.45, 7) is 5.79. The highest BCUT2D eigenvalue weighted by molar-refractivity contribution is 7.89. The van der Waals surface area contributed by atoms with E-state index in [0.29, 0.717) is 5.76 Å². The molecule has 0 unspecified atom stereocenters. The Balaban J connectivity index is 2.34. The summed E-state index contributed by atoms with van der Waals surface area (Å²) in [4.78, 5) is 0. The number of aryl methyl sites for hydroxylation is 1. The number of rotatable bonds is 7. The zero-order valence-electron chi connectivity index (χ0n) is 10.3. The first-order valence-electron chi connectivity index (χ1n) is 5.40. The van der Waals surface area contributed by atoms with Gasteiger partial charge in [-0.25, -0.2) is 13.1 Å². The summed E-state index contributed by atoms with van der Waals surface area (Å²) in [6.07, 6.45) is 0.0297. The van der Waals surface area contributed by atoms with Gasteiger partial charge in [0, 0.05) is 6.07 Å². The molecule has 0 aliphatic heterocycles. The molecule has 0 aromatic carbocycles. The number of ether oxygens (including phenoxy) is 1. The molecular weight excluding hydrogens is 244 g/mol. The van der Waals surface area contributed by atoms with Crippen molar-refractivity contribution in [3.63, 3.8) is 0 Å². The molecule has 6 nitrogen and oxygen atoms in total. The van der Waals surface area contributed by atoms with Gasteiger partial charge in [-0.15, -0.1) is 0 Å². The number of aromatic nitrogens is 1. The van der Waals surface area contributed by atoms with E-state index < -0.39 is 10.0 Å². The first kappa shape index (κ1) is 14.1. The smallest absolute Gasteiger partial charge is 0.214 e. The molecule has 0 radical (unpaired) electrons. The zero-order valence-corrected chi connectivity index (χ0v) is 11.1. The van der Waals surface area contributed by atoms with Crippen LogP contribution in [-0.2, 0) is 21.3 Å². The fourth-order valence-electron chi connectivity index (χ4n) is 1.15. The molecule has 1 aromatic heterocycles. The van der Waals surface area contributed by atoms with Crippen molar-refractivity contribution < 1.29 is 17.7 Å². The average Bonchev–Trinajstić information content (AvgIpc) is 2.61. The molecule has 0 fully saturated rings.